The van der Waals surface area contributed by atoms with Gasteiger partial charge in [-0.25, -0.2) is 21.7 Å². The van der Waals surface area contributed by atoms with Crippen molar-refractivity contribution in [2.45, 2.75) is 9.79 Å². The van der Waals surface area contributed by atoms with E-state index in [9.17, 15) is 26.4 Å². The molecule has 0 unspecified atom stereocenters. The van der Waals surface area contributed by atoms with Gasteiger partial charge in [-0.2, -0.15) is 0 Å². The largest absolute Gasteiger partial charge is 0.268 e. The first-order valence-corrected chi connectivity index (χ1v) is 12.6. The number of sulfonamides is 2. The Morgan fingerprint density at radius 2 is 1.03 bits per heavy atom. The van der Waals surface area contributed by atoms with Gasteiger partial charge in [-0.15, -0.1) is 0 Å². The zero-order chi connectivity index (χ0) is 23.6. The summed E-state index contributed by atoms with van der Waals surface area (Å²) in [6.07, 6.45) is 2.25. The van der Waals surface area contributed by atoms with Crippen molar-refractivity contribution in [2.75, 3.05) is 6.54 Å². The molecule has 0 atom stereocenters. The fourth-order valence-corrected chi connectivity index (χ4v) is 6.91. The summed E-state index contributed by atoms with van der Waals surface area (Å²) in [6.45, 7) is -0.623. The molecule has 2 amide bonds. The van der Waals surface area contributed by atoms with Gasteiger partial charge in [0, 0.05) is 6.20 Å². The highest BCUT2D eigenvalue weighted by Gasteiger charge is 2.37. The molecule has 0 saturated heterocycles. The van der Waals surface area contributed by atoms with Crippen molar-refractivity contribution in [1.82, 2.24) is 8.61 Å². The van der Waals surface area contributed by atoms with E-state index < -0.39 is 38.4 Å². The van der Waals surface area contributed by atoms with E-state index in [0.717, 1.165) is 17.2 Å². The maximum atomic E-state index is 13.3. The first-order chi connectivity index (χ1) is 15.7. The lowest BCUT2D eigenvalue weighted by atomic mass is 10.1. The van der Waals surface area contributed by atoms with E-state index >= 15 is 0 Å². The van der Waals surface area contributed by atoms with Gasteiger partial charge in [0.2, 0.25) is 0 Å². The molecule has 8 nitrogen and oxygen atoms in total. The van der Waals surface area contributed by atoms with Gasteiger partial charge in [-0.05, 0) is 36.4 Å². The molecule has 4 rings (SSSR count). The Morgan fingerprint density at radius 1 is 0.636 bits per heavy atom. The van der Waals surface area contributed by atoms with Crippen LogP contribution in [0.2, 0.25) is 0 Å². The van der Waals surface area contributed by atoms with E-state index in [1.165, 1.54) is 60.7 Å². The van der Waals surface area contributed by atoms with E-state index in [2.05, 4.69) is 0 Å². The van der Waals surface area contributed by atoms with Crippen LogP contribution in [0, 0.1) is 0 Å². The fourth-order valence-electron chi connectivity index (χ4n) is 3.33. The smallest absolute Gasteiger partial charge is 0.265 e. The number of carbonyl (C=O) groups excluding carboxylic acids is 2. The second-order valence-electron chi connectivity index (χ2n) is 7.00. The zero-order valence-electron chi connectivity index (χ0n) is 17.1. The summed E-state index contributed by atoms with van der Waals surface area (Å²) >= 11 is 0. The monoisotopic (exact) mass is 482 g/mol. The molecule has 0 aromatic heterocycles. The minimum absolute atomic E-state index is 0.210. The Balaban J connectivity index is 1.70. The van der Waals surface area contributed by atoms with Crippen LogP contribution in [-0.2, 0) is 20.0 Å². The number of rotatable bonds is 7. The first-order valence-electron chi connectivity index (χ1n) is 9.76. The molecular formula is C23H18N2O6S2. The van der Waals surface area contributed by atoms with E-state index in [4.69, 9.17) is 0 Å². The number of imide groups is 1. The summed E-state index contributed by atoms with van der Waals surface area (Å²) in [5.74, 6) is -1.15. The molecule has 1 aliphatic heterocycles. The minimum Gasteiger partial charge on any atom is -0.268 e. The van der Waals surface area contributed by atoms with Crippen molar-refractivity contribution >= 4 is 31.9 Å². The predicted molar refractivity (Wildman–Crippen MR) is 120 cm³/mol. The lowest BCUT2D eigenvalue weighted by Gasteiger charge is -2.21. The molecule has 1 aliphatic rings. The average Bonchev–Trinajstić information content (AvgIpc) is 3.07. The number of carbonyl (C=O) groups is 2. The summed E-state index contributed by atoms with van der Waals surface area (Å²) in [5.41, 5.74) is 0.440. The Bertz CT molecular complexity index is 1350. The number of hydrogen-bond acceptors (Lipinski definition) is 6. The van der Waals surface area contributed by atoms with E-state index in [1.807, 2.05) is 0 Å². The molecular weight excluding hydrogens is 464 g/mol. The van der Waals surface area contributed by atoms with E-state index in [0.29, 0.717) is 3.71 Å². The highest BCUT2D eigenvalue weighted by atomic mass is 32.3. The van der Waals surface area contributed by atoms with Gasteiger partial charge in [-0.1, -0.05) is 58.3 Å². The molecule has 1 heterocycles. The standard InChI is InChI=1S/C23H18N2O6S2/c26-22-20-14-7-8-15-21(20)23(27)24(22)16-9-17-25(32(28,29)18-10-3-1-4-11-18)33(30,31)19-12-5-2-6-13-19/h1-16H,17H2/b16-9+. The molecule has 0 bridgehead atoms. The van der Waals surface area contributed by atoms with Crippen molar-refractivity contribution < 1.29 is 26.4 Å². The quantitative estimate of drug-likeness (QED) is 0.479. The number of fused-ring (bicyclic) bond motifs is 1. The first kappa shape index (κ1) is 22.6. The molecule has 0 fully saturated rings. The maximum absolute atomic E-state index is 13.3. The molecule has 168 valence electrons. The summed E-state index contributed by atoms with van der Waals surface area (Å²) in [4.78, 5) is 25.5. The summed E-state index contributed by atoms with van der Waals surface area (Å²) in [5, 5.41) is 0. The second kappa shape index (κ2) is 8.74. The van der Waals surface area contributed by atoms with E-state index in [1.54, 1.807) is 24.3 Å². The van der Waals surface area contributed by atoms with Crippen LogP contribution >= 0.6 is 0 Å². The number of benzene rings is 3. The van der Waals surface area contributed by atoms with Crippen LogP contribution in [0.1, 0.15) is 20.7 Å². The Hall–Kier alpha value is -3.60. The average molecular weight is 483 g/mol. The van der Waals surface area contributed by atoms with Crippen LogP contribution in [-0.4, -0.2) is 43.8 Å². The molecule has 3 aromatic carbocycles. The van der Waals surface area contributed by atoms with Gasteiger partial charge in [0.25, 0.3) is 31.9 Å². The predicted octanol–water partition coefficient (Wildman–Crippen LogP) is 2.88. The molecule has 10 heteroatoms. The van der Waals surface area contributed by atoms with E-state index in [-0.39, 0.29) is 20.9 Å². The van der Waals surface area contributed by atoms with Crippen LogP contribution in [0.3, 0.4) is 0 Å². The lowest BCUT2D eigenvalue weighted by Crippen LogP contribution is -2.37. The highest BCUT2D eigenvalue weighted by Crippen LogP contribution is 2.25. The maximum Gasteiger partial charge on any atom is 0.265 e. The molecule has 0 radical (unpaired) electrons. The van der Waals surface area contributed by atoms with Gasteiger partial charge >= 0.3 is 0 Å². The van der Waals surface area contributed by atoms with Crippen LogP contribution < -0.4 is 0 Å². The number of nitrogens with zero attached hydrogens (tertiary/aromatic N) is 2. The van der Waals surface area contributed by atoms with Gasteiger partial charge in [0.1, 0.15) is 0 Å². The van der Waals surface area contributed by atoms with Gasteiger partial charge in [0.05, 0.1) is 27.5 Å². The SMILES string of the molecule is O=C1c2ccccc2C(=O)N1/C=C/CN(S(=O)(=O)c1ccccc1)S(=O)(=O)c1ccccc1. The van der Waals surface area contributed by atoms with Crippen molar-refractivity contribution in [3.63, 3.8) is 0 Å². The van der Waals surface area contributed by atoms with Gasteiger partial charge < -0.3 is 0 Å². The van der Waals surface area contributed by atoms with Gasteiger partial charge in [0.15, 0.2) is 0 Å². The van der Waals surface area contributed by atoms with Crippen LogP contribution in [0.15, 0.2) is 107 Å². The van der Waals surface area contributed by atoms with Gasteiger partial charge in [-0.3, -0.25) is 9.59 Å². The number of amides is 2. The van der Waals surface area contributed by atoms with Crippen molar-refractivity contribution in [3.05, 3.63) is 108 Å². The third-order valence-corrected chi connectivity index (χ3v) is 9.24. The third kappa shape index (κ3) is 4.11. The summed E-state index contributed by atoms with van der Waals surface area (Å²) in [6, 6.07) is 20.6. The van der Waals surface area contributed by atoms with Crippen LogP contribution in [0.5, 0.6) is 0 Å². The zero-order valence-corrected chi connectivity index (χ0v) is 18.7. The van der Waals surface area contributed by atoms with Crippen molar-refractivity contribution in [3.8, 4) is 0 Å². The Morgan fingerprint density at radius 3 is 1.45 bits per heavy atom. The Labute approximate surface area is 191 Å². The highest BCUT2D eigenvalue weighted by molar-refractivity contribution is 8.04. The van der Waals surface area contributed by atoms with Crippen molar-refractivity contribution in [2.24, 2.45) is 0 Å². The topological polar surface area (TPSA) is 109 Å². The normalized spacial score (nSPS) is 14.3. The molecule has 0 saturated carbocycles. The van der Waals surface area contributed by atoms with Crippen LogP contribution in [0.4, 0.5) is 0 Å². The number of hydrogen-bond donors (Lipinski definition) is 0. The molecule has 33 heavy (non-hydrogen) atoms. The summed E-state index contributed by atoms with van der Waals surface area (Å²) < 4.78 is 53.4. The molecule has 0 aliphatic carbocycles. The third-order valence-electron chi connectivity index (χ3n) is 4.95. The fraction of sp³-hybridized carbons (Fsp3) is 0.0435. The molecule has 0 spiro atoms. The Kier molecular flexibility index (Phi) is 5.98. The van der Waals surface area contributed by atoms with Crippen LogP contribution in [0.25, 0.3) is 0 Å². The molecule has 0 N–H and O–H groups in total. The summed E-state index contributed by atoms with van der Waals surface area (Å²) in [7, 11) is -8.96. The van der Waals surface area contributed by atoms with Crippen molar-refractivity contribution in [1.29, 1.82) is 0 Å². The second-order valence-corrected chi connectivity index (χ2v) is 11.0. The minimum atomic E-state index is -4.48. The molecule has 3 aromatic rings. The lowest BCUT2D eigenvalue weighted by molar-refractivity contribution is 0.0721.